The van der Waals surface area contributed by atoms with Crippen LogP contribution in [0.5, 0.6) is 0 Å². The predicted octanol–water partition coefficient (Wildman–Crippen LogP) is 3.20. The van der Waals surface area contributed by atoms with E-state index in [4.69, 9.17) is 16.0 Å². The van der Waals surface area contributed by atoms with Crippen molar-refractivity contribution < 1.29 is 12.8 Å². The van der Waals surface area contributed by atoms with Crippen LogP contribution in [0, 0.1) is 5.92 Å². The lowest BCUT2D eigenvalue weighted by Gasteiger charge is -2.20. The molecule has 0 N–H and O–H groups in total. The molecule has 2 atom stereocenters. The molecule has 0 radical (unpaired) electrons. The van der Waals surface area contributed by atoms with Crippen molar-refractivity contribution in [2.75, 3.05) is 6.54 Å². The van der Waals surface area contributed by atoms with Crippen molar-refractivity contribution in [1.29, 1.82) is 0 Å². The molecule has 102 valence electrons. The number of hydrogen-bond donors (Lipinski definition) is 0. The highest BCUT2D eigenvalue weighted by Gasteiger charge is 2.38. The molecular weight excluding hydrogens is 342 g/mol. The van der Waals surface area contributed by atoms with Gasteiger partial charge in [0.15, 0.2) is 4.67 Å². The van der Waals surface area contributed by atoms with Crippen molar-refractivity contribution >= 4 is 37.6 Å². The molecule has 0 bridgehead atoms. The zero-order valence-corrected chi connectivity index (χ0v) is 13.3. The fourth-order valence-electron chi connectivity index (χ4n) is 2.36. The summed E-state index contributed by atoms with van der Waals surface area (Å²) in [6.07, 6.45) is 0.886. The maximum absolute atomic E-state index is 12.5. The Hall–Kier alpha value is -0.0400. The zero-order valence-electron chi connectivity index (χ0n) is 10.2. The van der Waals surface area contributed by atoms with Crippen LogP contribution in [-0.2, 0) is 15.9 Å². The average Bonchev–Trinajstić information content (AvgIpc) is 2.82. The summed E-state index contributed by atoms with van der Waals surface area (Å²) in [5, 5.41) is 0. The number of halogens is 2. The SMILES string of the molecule is CC1CC(C)N(S(=O)(=O)c2cc(CCl)oc2Br)C1. The standard InChI is InChI=1S/C11H15BrClNO3S/c1-7-3-8(2)14(6-7)18(15,16)10-4-9(5-13)17-11(10)12/h4,7-8H,3,5-6H2,1-2H3. The number of hydrogen-bond acceptors (Lipinski definition) is 3. The minimum Gasteiger partial charge on any atom is -0.452 e. The molecule has 0 amide bonds. The molecule has 1 saturated heterocycles. The summed E-state index contributed by atoms with van der Waals surface area (Å²) in [6.45, 7) is 4.54. The normalized spacial score (nSPS) is 25.8. The molecule has 4 nitrogen and oxygen atoms in total. The molecule has 18 heavy (non-hydrogen) atoms. The van der Waals surface area contributed by atoms with E-state index in [1.54, 1.807) is 0 Å². The Morgan fingerprint density at radius 3 is 2.67 bits per heavy atom. The molecular formula is C11H15BrClNO3S. The summed E-state index contributed by atoms with van der Waals surface area (Å²) in [7, 11) is -3.51. The lowest BCUT2D eigenvalue weighted by molar-refractivity contribution is 0.403. The van der Waals surface area contributed by atoms with Gasteiger partial charge in [-0.25, -0.2) is 8.42 Å². The topological polar surface area (TPSA) is 50.5 Å². The van der Waals surface area contributed by atoms with Crippen LogP contribution in [0.15, 0.2) is 20.0 Å². The van der Waals surface area contributed by atoms with Gasteiger partial charge in [-0.3, -0.25) is 0 Å². The maximum Gasteiger partial charge on any atom is 0.247 e. The van der Waals surface area contributed by atoms with E-state index in [0.29, 0.717) is 18.2 Å². The highest BCUT2D eigenvalue weighted by molar-refractivity contribution is 9.10. The monoisotopic (exact) mass is 355 g/mol. The van der Waals surface area contributed by atoms with E-state index in [0.717, 1.165) is 6.42 Å². The molecule has 1 fully saturated rings. The molecule has 1 aliphatic rings. The second kappa shape index (κ2) is 5.15. The Morgan fingerprint density at radius 1 is 1.56 bits per heavy atom. The van der Waals surface area contributed by atoms with Crippen molar-refractivity contribution in [1.82, 2.24) is 4.31 Å². The smallest absolute Gasteiger partial charge is 0.247 e. The fourth-order valence-corrected chi connectivity index (χ4v) is 5.22. The summed E-state index contributed by atoms with van der Waals surface area (Å²) in [4.78, 5) is 0.166. The van der Waals surface area contributed by atoms with Crippen LogP contribution in [0.3, 0.4) is 0 Å². The Balaban J connectivity index is 2.39. The molecule has 1 aromatic heterocycles. The van der Waals surface area contributed by atoms with Crippen molar-refractivity contribution in [2.45, 2.75) is 37.1 Å². The molecule has 7 heteroatoms. The lowest BCUT2D eigenvalue weighted by Crippen LogP contribution is -2.33. The molecule has 0 saturated carbocycles. The summed E-state index contributed by atoms with van der Waals surface area (Å²) in [6, 6.07) is 1.51. The third kappa shape index (κ3) is 2.48. The van der Waals surface area contributed by atoms with Gasteiger partial charge in [0.25, 0.3) is 0 Å². The van der Waals surface area contributed by atoms with Gasteiger partial charge < -0.3 is 4.42 Å². The highest BCUT2D eigenvalue weighted by atomic mass is 79.9. The van der Waals surface area contributed by atoms with E-state index in [1.165, 1.54) is 10.4 Å². The molecule has 2 rings (SSSR count). The van der Waals surface area contributed by atoms with Gasteiger partial charge in [0.2, 0.25) is 10.0 Å². The van der Waals surface area contributed by atoms with Crippen molar-refractivity contribution in [3.63, 3.8) is 0 Å². The Morgan fingerprint density at radius 2 is 2.22 bits per heavy atom. The van der Waals surface area contributed by atoms with Gasteiger partial charge in [-0.1, -0.05) is 6.92 Å². The van der Waals surface area contributed by atoms with E-state index in [9.17, 15) is 8.42 Å². The largest absolute Gasteiger partial charge is 0.452 e. The van der Waals surface area contributed by atoms with Crippen molar-refractivity contribution in [2.24, 2.45) is 5.92 Å². The molecule has 0 spiro atoms. The lowest BCUT2D eigenvalue weighted by atomic mass is 10.1. The van der Waals surface area contributed by atoms with Gasteiger partial charge in [0, 0.05) is 18.7 Å². The quantitative estimate of drug-likeness (QED) is 0.782. The van der Waals surface area contributed by atoms with Gasteiger partial charge >= 0.3 is 0 Å². The van der Waals surface area contributed by atoms with Crippen LogP contribution in [0.25, 0.3) is 0 Å². The van der Waals surface area contributed by atoms with E-state index >= 15 is 0 Å². The Labute approximate surface area is 120 Å². The molecule has 1 aliphatic heterocycles. The van der Waals surface area contributed by atoms with Crippen LogP contribution in [0.2, 0.25) is 0 Å². The fraction of sp³-hybridized carbons (Fsp3) is 0.636. The van der Waals surface area contributed by atoms with Crippen molar-refractivity contribution in [3.8, 4) is 0 Å². The van der Waals surface area contributed by atoms with Gasteiger partial charge in [-0.05, 0) is 35.2 Å². The third-order valence-corrected chi connectivity index (χ3v) is 6.25. The van der Waals surface area contributed by atoms with Crippen LogP contribution >= 0.6 is 27.5 Å². The molecule has 0 aromatic carbocycles. The first kappa shape index (κ1) is 14.4. The molecule has 1 aromatic rings. The predicted molar refractivity (Wildman–Crippen MR) is 73.1 cm³/mol. The first-order valence-corrected chi connectivity index (χ1v) is 8.49. The third-order valence-electron chi connectivity index (χ3n) is 3.15. The number of nitrogens with zero attached hydrogens (tertiary/aromatic N) is 1. The second-order valence-corrected chi connectivity index (χ2v) is 7.60. The van der Waals surface area contributed by atoms with E-state index in [2.05, 4.69) is 22.9 Å². The average molecular weight is 357 g/mol. The number of alkyl halides is 1. The van der Waals surface area contributed by atoms with E-state index in [1.807, 2.05) is 6.92 Å². The minimum absolute atomic E-state index is 0.0197. The van der Waals surface area contributed by atoms with E-state index < -0.39 is 10.0 Å². The highest BCUT2D eigenvalue weighted by Crippen LogP contribution is 2.34. The minimum atomic E-state index is -3.51. The second-order valence-electron chi connectivity index (χ2n) is 4.75. The van der Waals surface area contributed by atoms with Crippen LogP contribution in [-0.4, -0.2) is 25.3 Å². The number of furan rings is 1. The molecule has 2 heterocycles. The van der Waals surface area contributed by atoms with Gasteiger partial charge in [0.1, 0.15) is 10.7 Å². The van der Waals surface area contributed by atoms with Crippen LogP contribution in [0.4, 0.5) is 0 Å². The Kier molecular flexibility index (Phi) is 4.11. The summed E-state index contributed by atoms with van der Waals surface area (Å²) in [5.41, 5.74) is 0. The van der Waals surface area contributed by atoms with Crippen LogP contribution < -0.4 is 0 Å². The summed E-state index contributed by atoms with van der Waals surface area (Å²) in [5.74, 6) is 0.982. The van der Waals surface area contributed by atoms with Gasteiger partial charge in [-0.2, -0.15) is 4.31 Å². The molecule has 2 unspecified atom stereocenters. The molecule has 0 aliphatic carbocycles. The van der Waals surface area contributed by atoms with Crippen LogP contribution in [0.1, 0.15) is 26.0 Å². The summed E-state index contributed by atoms with van der Waals surface area (Å²) < 4.78 is 32.1. The number of sulfonamides is 1. The first-order valence-electron chi connectivity index (χ1n) is 5.72. The van der Waals surface area contributed by atoms with E-state index in [-0.39, 0.29) is 21.5 Å². The first-order chi connectivity index (χ1) is 8.36. The van der Waals surface area contributed by atoms with Gasteiger partial charge in [-0.15, -0.1) is 11.6 Å². The van der Waals surface area contributed by atoms with Gasteiger partial charge in [0.05, 0.1) is 5.88 Å². The maximum atomic E-state index is 12.5. The Bertz CT molecular complexity index is 542. The van der Waals surface area contributed by atoms with Crippen molar-refractivity contribution in [3.05, 3.63) is 16.5 Å². The zero-order chi connectivity index (χ0) is 13.5. The number of rotatable bonds is 3. The summed E-state index contributed by atoms with van der Waals surface area (Å²) >= 11 is 8.80.